The quantitative estimate of drug-likeness (QED) is 0.581. The SMILES string of the molecule is C=CCS(=O)(=O)NCC(=O)N1CCNCC1. The maximum Gasteiger partial charge on any atom is 0.237 e. The molecule has 1 saturated heterocycles. The first-order chi connectivity index (χ1) is 7.55. The molecule has 2 N–H and O–H groups in total. The van der Waals surface area contributed by atoms with E-state index in [1.165, 1.54) is 6.08 Å². The number of carbonyl (C=O) groups excluding carboxylic acids is 1. The maximum atomic E-state index is 11.6. The Balaban J connectivity index is 2.36. The van der Waals surface area contributed by atoms with Crippen LogP contribution in [0, 0.1) is 0 Å². The average Bonchev–Trinajstić information content (AvgIpc) is 2.27. The van der Waals surface area contributed by atoms with Gasteiger partial charge in [0.05, 0.1) is 12.3 Å². The van der Waals surface area contributed by atoms with Gasteiger partial charge in [0.1, 0.15) is 0 Å². The van der Waals surface area contributed by atoms with Crippen molar-refractivity contribution in [1.82, 2.24) is 14.9 Å². The Hall–Kier alpha value is -0.920. The van der Waals surface area contributed by atoms with Crippen molar-refractivity contribution < 1.29 is 13.2 Å². The molecule has 92 valence electrons. The fourth-order valence-corrected chi connectivity index (χ4v) is 2.18. The molecule has 0 aromatic rings. The number of nitrogens with zero attached hydrogens (tertiary/aromatic N) is 1. The van der Waals surface area contributed by atoms with Crippen LogP contribution in [0.1, 0.15) is 0 Å². The molecule has 0 aliphatic carbocycles. The van der Waals surface area contributed by atoms with Crippen LogP contribution in [-0.4, -0.2) is 57.7 Å². The lowest BCUT2D eigenvalue weighted by Gasteiger charge is -2.27. The van der Waals surface area contributed by atoms with Gasteiger partial charge in [-0.3, -0.25) is 4.79 Å². The van der Waals surface area contributed by atoms with Crippen molar-refractivity contribution in [2.45, 2.75) is 0 Å². The highest BCUT2D eigenvalue weighted by molar-refractivity contribution is 7.89. The smallest absolute Gasteiger partial charge is 0.237 e. The molecule has 16 heavy (non-hydrogen) atoms. The molecule has 0 bridgehead atoms. The summed E-state index contributed by atoms with van der Waals surface area (Å²) in [5, 5.41) is 3.12. The van der Waals surface area contributed by atoms with Crippen LogP contribution in [0.3, 0.4) is 0 Å². The number of carbonyl (C=O) groups is 1. The predicted molar refractivity (Wildman–Crippen MR) is 61.4 cm³/mol. The Morgan fingerprint density at radius 2 is 2.06 bits per heavy atom. The molecule has 0 saturated carbocycles. The number of nitrogens with one attached hydrogen (secondary N) is 2. The van der Waals surface area contributed by atoms with Crippen LogP contribution in [0.25, 0.3) is 0 Å². The van der Waals surface area contributed by atoms with Gasteiger partial charge in [-0.15, -0.1) is 6.58 Å². The fourth-order valence-electron chi connectivity index (χ4n) is 1.41. The fraction of sp³-hybridized carbons (Fsp3) is 0.667. The van der Waals surface area contributed by atoms with Gasteiger partial charge in [-0.1, -0.05) is 6.08 Å². The standard InChI is InChI=1S/C9H17N3O3S/c1-2-7-16(14,15)11-8-9(13)12-5-3-10-4-6-12/h2,10-11H,1,3-8H2. The van der Waals surface area contributed by atoms with E-state index in [2.05, 4.69) is 16.6 Å². The zero-order valence-electron chi connectivity index (χ0n) is 9.11. The zero-order chi connectivity index (χ0) is 12.0. The molecular weight excluding hydrogens is 230 g/mol. The van der Waals surface area contributed by atoms with Crippen LogP contribution < -0.4 is 10.0 Å². The van der Waals surface area contributed by atoms with Gasteiger partial charge in [0.2, 0.25) is 15.9 Å². The molecule has 1 heterocycles. The molecule has 0 aromatic carbocycles. The Morgan fingerprint density at radius 1 is 1.44 bits per heavy atom. The normalized spacial score (nSPS) is 17.1. The van der Waals surface area contributed by atoms with E-state index >= 15 is 0 Å². The van der Waals surface area contributed by atoms with E-state index in [1.54, 1.807) is 4.90 Å². The van der Waals surface area contributed by atoms with Crippen molar-refractivity contribution in [3.63, 3.8) is 0 Å². The molecule has 0 radical (unpaired) electrons. The monoisotopic (exact) mass is 247 g/mol. The van der Waals surface area contributed by atoms with Gasteiger partial charge in [-0.2, -0.15) is 0 Å². The van der Waals surface area contributed by atoms with E-state index in [9.17, 15) is 13.2 Å². The topological polar surface area (TPSA) is 78.5 Å². The van der Waals surface area contributed by atoms with E-state index in [4.69, 9.17) is 0 Å². The van der Waals surface area contributed by atoms with Gasteiger partial charge < -0.3 is 10.2 Å². The first kappa shape index (κ1) is 13.1. The van der Waals surface area contributed by atoms with Crippen LogP contribution in [0.2, 0.25) is 0 Å². The molecule has 7 heteroatoms. The molecule has 1 aliphatic heterocycles. The number of piperazine rings is 1. The van der Waals surface area contributed by atoms with Gasteiger partial charge >= 0.3 is 0 Å². The largest absolute Gasteiger partial charge is 0.339 e. The lowest BCUT2D eigenvalue weighted by Crippen LogP contribution is -2.49. The van der Waals surface area contributed by atoms with Gasteiger partial charge in [0.15, 0.2) is 0 Å². The van der Waals surface area contributed by atoms with Crippen molar-refractivity contribution >= 4 is 15.9 Å². The summed E-state index contributed by atoms with van der Waals surface area (Å²) < 4.78 is 24.8. The Bertz CT molecular complexity index is 347. The van der Waals surface area contributed by atoms with Crippen LogP contribution in [-0.2, 0) is 14.8 Å². The summed E-state index contributed by atoms with van der Waals surface area (Å²) in [4.78, 5) is 13.2. The van der Waals surface area contributed by atoms with E-state index in [0.29, 0.717) is 13.1 Å². The van der Waals surface area contributed by atoms with Gasteiger partial charge in [0, 0.05) is 26.2 Å². The van der Waals surface area contributed by atoms with Crippen molar-refractivity contribution in [2.24, 2.45) is 0 Å². The summed E-state index contributed by atoms with van der Waals surface area (Å²) in [6, 6.07) is 0. The molecule has 1 aliphatic rings. The third-order valence-electron chi connectivity index (χ3n) is 2.25. The Kier molecular flexibility index (Phi) is 4.91. The second-order valence-corrected chi connectivity index (χ2v) is 5.37. The van der Waals surface area contributed by atoms with Crippen molar-refractivity contribution in [1.29, 1.82) is 0 Å². The molecule has 1 fully saturated rings. The maximum absolute atomic E-state index is 11.6. The number of rotatable bonds is 5. The molecule has 6 nitrogen and oxygen atoms in total. The van der Waals surface area contributed by atoms with E-state index in [1.807, 2.05) is 0 Å². The lowest BCUT2D eigenvalue weighted by atomic mass is 10.3. The lowest BCUT2D eigenvalue weighted by molar-refractivity contribution is -0.130. The van der Waals surface area contributed by atoms with E-state index in [0.717, 1.165) is 13.1 Å². The second-order valence-electron chi connectivity index (χ2n) is 3.52. The third-order valence-corrected chi connectivity index (χ3v) is 3.51. The summed E-state index contributed by atoms with van der Waals surface area (Å²) >= 11 is 0. The van der Waals surface area contributed by atoms with Crippen molar-refractivity contribution in [3.05, 3.63) is 12.7 Å². The first-order valence-electron chi connectivity index (χ1n) is 5.12. The Labute approximate surface area is 95.7 Å². The summed E-state index contributed by atoms with van der Waals surface area (Å²) in [5.41, 5.74) is 0. The summed E-state index contributed by atoms with van der Waals surface area (Å²) in [5.74, 6) is -0.351. The number of sulfonamides is 1. The second kappa shape index (κ2) is 5.97. The minimum Gasteiger partial charge on any atom is -0.339 e. The zero-order valence-corrected chi connectivity index (χ0v) is 9.92. The van der Waals surface area contributed by atoms with Gasteiger partial charge in [-0.25, -0.2) is 13.1 Å². The van der Waals surface area contributed by atoms with Crippen LogP contribution in [0.5, 0.6) is 0 Å². The van der Waals surface area contributed by atoms with Crippen LogP contribution in [0.15, 0.2) is 12.7 Å². The van der Waals surface area contributed by atoms with Crippen LogP contribution in [0.4, 0.5) is 0 Å². The molecule has 0 spiro atoms. The third kappa shape index (κ3) is 4.30. The highest BCUT2D eigenvalue weighted by atomic mass is 32.2. The minimum atomic E-state index is -3.40. The van der Waals surface area contributed by atoms with Gasteiger partial charge in [-0.05, 0) is 0 Å². The molecule has 1 rings (SSSR count). The summed E-state index contributed by atoms with van der Waals surface area (Å²) in [6.45, 7) is 5.93. The van der Waals surface area contributed by atoms with Crippen molar-refractivity contribution in [3.8, 4) is 0 Å². The van der Waals surface area contributed by atoms with E-state index < -0.39 is 10.0 Å². The van der Waals surface area contributed by atoms with E-state index in [-0.39, 0.29) is 18.2 Å². The molecular formula is C9H17N3O3S. The molecule has 1 amide bonds. The molecule has 0 aromatic heterocycles. The van der Waals surface area contributed by atoms with Gasteiger partial charge in [0.25, 0.3) is 0 Å². The predicted octanol–water partition coefficient (Wildman–Crippen LogP) is -1.48. The first-order valence-corrected chi connectivity index (χ1v) is 6.77. The summed E-state index contributed by atoms with van der Waals surface area (Å²) in [6.07, 6.45) is 1.29. The number of amides is 1. The number of hydrogen-bond acceptors (Lipinski definition) is 4. The summed E-state index contributed by atoms with van der Waals surface area (Å²) in [7, 11) is -3.40. The average molecular weight is 247 g/mol. The molecule has 0 atom stereocenters. The molecule has 0 unspecified atom stereocenters. The Morgan fingerprint density at radius 3 is 2.62 bits per heavy atom. The number of hydrogen-bond donors (Lipinski definition) is 2. The highest BCUT2D eigenvalue weighted by Crippen LogP contribution is 1.93. The highest BCUT2D eigenvalue weighted by Gasteiger charge is 2.17. The van der Waals surface area contributed by atoms with Crippen molar-refractivity contribution in [2.75, 3.05) is 38.5 Å². The minimum absolute atomic E-state index is 0.165. The van der Waals surface area contributed by atoms with Crippen LogP contribution >= 0.6 is 0 Å².